The number of rotatable bonds is 6. The van der Waals surface area contributed by atoms with Gasteiger partial charge in [-0.15, -0.1) is 0 Å². The average Bonchev–Trinajstić information content (AvgIpc) is 2.45. The van der Waals surface area contributed by atoms with Crippen molar-refractivity contribution in [3.05, 3.63) is 63.4 Å². The fourth-order valence-corrected chi connectivity index (χ4v) is 2.56. The van der Waals surface area contributed by atoms with Crippen LogP contribution in [-0.2, 0) is 13.2 Å². The zero-order valence-electron chi connectivity index (χ0n) is 12.2. The Morgan fingerprint density at radius 3 is 2.67 bits per heavy atom. The summed E-state index contributed by atoms with van der Waals surface area (Å²) in [5.41, 5.74) is 3.10. The van der Waals surface area contributed by atoms with Crippen LogP contribution < -0.4 is 10.1 Å². The van der Waals surface area contributed by atoms with Crippen LogP contribution in [0.4, 0.5) is 4.39 Å². The van der Waals surface area contributed by atoms with Gasteiger partial charge in [0.1, 0.15) is 18.2 Å². The third-order valence-electron chi connectivity index (χ3n) is 3.22. The van der Waals surface area contributed by atoms with E-state index in [2.05, 4.69) is 46.4 Å². The van der Waals surface area contributed by atoms with Gasteiger partial charge < -0.3 is 10.1 Å². The number of hydrogen-bond donors (Lipinski definition) is 1. The van der Waals surface area contributed by atoms with E-state index >= 15 is 0 Å². The van der Waals surface area contributed by atoms with Gasteiger partial charge >= 0.3 is 0 Å². The molecule has 21 heavy (non-hydrogen) atoms. The Hall–Kier alpha value is -1.39. The number of ether oxygens (including phenoxy) is 1. The molecule has 0 heterocycles. The highest BCUT2D eigenvalue weighted by Gasteiger charge is 2.05. The van der Waals surface area contributed by atoms with E-state index in [-0.39, 0.29) is 5.82 Å². The molecule has 0 unspecified atom stereocenters. The maximum absolute atomic E-state index is 13.1. The zero-order valence-corrected chi connectivity index (χ0v) is 13.8. The number of aryl methyl sites for hydroxylation is 1. The van der Waals surface area contributed by atoms with Crippen molar-refractivity contribution in [1.82, 2.24) is 5.32 Å². The Bertz CT molecular complexity index is 616. The van der Waals surface area contributed by atoms with E-state index in [0.717, 1.165) is 28.7 Å². The molecule has 1 N–H and O–H groups in total. The van der Waals surface area contributed by atoms with Crippen molar-refractivity contribution in [2.24, 2.45) is 0 Å². The summed E-state index contributed by atoms with van der Waals surface area (Å²) in [5.74, 6) is 0.467. The second-order valence-electron chi connectivity index (χ2n) is 4.90. The summed E-state index contributed by atoms with van der Waals surface area (Å²) in [6.07, 6.45) is 0. The Kier molecular flexibility index (Phi) is 5.76. The molecule has 0 saturated carbocycles. The van der Waals surface area contributed by atoms with E-state index in [9.17, 15) is 4.39 Å². The second-order valence-corrected chi connectivity index (χ2v) is 5.76. The summed E-state index contributed by atoms with van der Waals surface area (Å²) < 4.78 is 19.8. The van der Waals surface area contributed by atoms with Crippen molar-refractivity contribution < 1.29 is 9.13 Å². The first kappa shape index (κ1) is 16.0. The molecule has 0 aliphatic carbocycles. The predicted octanol–water partition coefficient (Wildman–Crippen LogP) is 4.59. The first-order chi connectivity index (χ1) is 10.1. The molecule has 0 amide bonds. The largest absolute Gasteiger partial charge is 0.489 e. The lowest BCUT2D eigenvalue weighted by atomic mass is 10.1. The Morgan fingerprint density at radius 1 is 1.19 bits per heavy atom. The van der Waals surface area contributed by atoms with Gasteiger partial charge in [-0.1, -0.05) is 35.0 Å². The molecule has 0 aromatic heterocycles. The monoisotopic (exact) mass is 351 g/mol. The molecule has 2 rings (SSSR count). The van der Waals surface area contributed by atoms with Crippen molar-refractivity contribution in [3.8, 4) is 5.75 Å². The predicted molar refractivity (Wildman–Crippen MR) is 87.0 cm³/mol. The Labute approximate surface area is 133 Å². The van der Waals surface area contributed by atoms with Gasteiger partial charge in [0.25, 0.3) is 0 Å². The van der Waals surface area contributed by atoms with E-state index in [1.807, 2.05) is 6.92 Å². The van der Waals surface area contributed by atoms with E-state index < -0.39 is 0 Å². The van der Waals surface area contributed by atoms with Crippen molar-refractivity contribution in [2.45, 2.75) is 27.0 Å². The smallest absolute Gasteiger partial charge is 0.123 e. The molecule has 4 heteroatoms. The van der Waals surface area contributed by atoms with Gasteiger partial charge in [0.05, 0.1) is 0 Å². The van der Waals surface area contributed by atoms with E-state index in [1.165, 1.54) is 17.7 Å². The summed E-state index contributed by atoms with van der Waals surface area (Å²) in [4.78, 5) is 0. The Balaban J connectivity index is 2.02. The third-order valence-corrected chi connectivity index (χ3v) is 3.95. The van der Waals surface area contributed by atoms with Crippen molar-refractivity contribution >= 4 is 15.9 Å². The molecule has 0 spiro atoms. The summed E-state index contributed by atoms with van der Waals surface area (Å²) in [6.45, 7) is 6.18. The van der Waals surface area contributed by atoms with Crippen LogP contribution >= 0.6 is 15.9 Å². The summed E-state index contributed by atoms with van der Waals surface area (Å²) in [7, 11) is 0. The third kappa shape index (κ3) is 4.55. The normalized spacial score (nSPS) is 10.7. The zero-order chi connectivity index (χ0) is 15.2. The highest BCUT2D eigenvalue weighted by atomic mass is 79.9. The molecule has 0 bridgehead atoms. The minimum atomic E-state index is -0.242. The fraction of sp³-hybridized carbons (Fsp3) is 0.294. The lowest BCUT2D eigenvalue weighted by Crippen LogP contribution is -2.11. The summed E-state index contributed by atoms with van der Waals surface area (Å²) in [6, 6.07) is 10.8. The molecule has 2 aromatic carbocycles. The minimum Gasteiger partial charge on any atom is -0.489 e. The van der Waals surface area contributed by atoms with Crippen LogP contribution in [0.25, 0.3) is 0 Å². The van der Waals surface area contributed by atoms with Crippen LogP contribution in [-0.4, -0.2) is 6.54 Å². The van der Waals surface area contributed by atoms with Gasteiger partial charge in [-0.25, -0.2) is 4.39 Å². The molecule has 0 aliphatic heterocycles. The maximum atomic E-state index is 13.1. The van der Waals surface area contributed by atoms with Crippen LogP contribution in [0.5, 0.6) is 5.75 Å². The number of hydrogen-bond acceptors (Lipinski definition) is 2. The van der Waals surface area contributed by atoms with E-state index in [4.69, 9.17) is 4.74 Å². The molecule has 112 valence electrons. The highest BCUT2D eigenvalue weighted by molar-refractivity contribution is 9.10. The van der Waals surface area contributed by atoms with Crippen molar-refractivity contribution in [2.75, 3.05) is 6.54 Å². The van der Waals surface area contributed by atoms with Crippen LogP contribution in [0.2, 0.25) is 0 Å². The lowest BCUT2D eigenvalue weighted by molar-refractivity contribution is 0.303. The van der Waals surface area contributed by atoms with Gasteiger partial charge in [0, 0.05) is 16.6 Å². The average molecular weight is 352 g/mol. The van der Waals surface area contributed by atoms with Gasteiger partial charge in [-0.2, -0.15) is 0 Å². The minimum absolute atomic E-state index is 0.242. The summed E-state index contributed by atoms with van der Waals surface area (Å²) >= 11 is 3.57. The van der Waals surface area contributed by atoms with E-state index in [0.29, 0.717) is 12.4 Å². The molecule has 0 fully saturated rings. The first-order valence-corrected chi connectivity index (χ1v) is 7.76. The molecule has 2 aromatic rings. The Morgan fingerprint density at radius 2 is 2.00 bits per heavy atom. The van der Waals surface area contributed by atoms with Crippen LogP contribution in [0.1, 0.15) is 23.6 Å². The van der Waals surface area contributed by atoms with Crippen LogP contribution in [0.3, 0.4) is 0 Å². The topological polar surface area (TPSA) is 21.3 Å². The van der Waals surface area contributed by atoms with Gasteiger partial charge in [-0.3, -0.25) is 0 Å². The van der Waals surface area contributed by atoms with Gasteiger partial charge in [0.15, 0.2) is 0 Å². The first-order valence-electron chi connectivity index (χ1n) is 6.97. The number of nitrogens with one attached hydrogen (secondary N) is 1. The highest BCUT2D eigenvalue weighted by Crippen LogP contribution is 2.23. The van der Waals surface area contributed by atoms with Crippen molar-refractivity contribution in [3.63, 3.8) is 0 Å². The molecule has 0 radical (unpaired) electrons. The second kappa shape index (κ2) is 7.57. The van der Waals surface area contributed by atoms with Gasteiger partial charge in [0.2, 0.25) is 0 Å². The maximum Gasteiger partial charge on any atom is 0.123 e. The molecule has 2 nitrogen and oxygen atoms in total. The van der Waals surface area contributed by atoms with Crippen molar-refractivity contribution in [1.29, 1.82) is 0 Å². The lowest BCUT2D eigenvalue weighted by Gasteiger charge is -2.11. The standard InChI is InChI=1S/C17H19BrFNO/c1-3-20-10-13-4-5-14(16(18)9-13)11-21-17-7-6-15(19)8-12(17)2/h4-9,20H,3,10-11H2,1-2H3. The molecule has 0 saturated heterocycles. The molecule has 0 atom stereocenters. The molecular formula is C17H19BrFNO. The molecular weight excluding hydrogens is 333 g/mol. The van der Waals surface area contributed by atoms with E-state index in [1.54, 1.807) is 6.07 Å². The van der Waals surface area contributed by atoms with Crippen LogP contribution in [0, 0.1) is 12.7 Å². The quantitative estimate of drug-likeness (QED) is 0.821. The number of halogens is 2. The van der Waals surface area contributed by atoms with Crippen LogP contribution in [0.15, 0.2) is 40.9 Å². The fourth-order valence-electron chi connectivity index (χ4n) is 2.02. The molecule has 0 aliphatic rings. The summed E-state index contributed by atoms with van der Waals surface area (Å²) in [5, 5.41) is 3.29. The van der Waals surface area contributed by atoms with Gasteiger partial charge in [-0.05, 0) is 48.9 Å². The SMILES string of the molecule is CCNCc1ccc(COc2ccc(F)cc2C)c(Br)c1. The number of benzene rings is 2.